The lowest BCUT2D eigenvalue weighted by Crippen LogP contribution is -2.41. The number of ether oxygens (including phenoxy) is 1. The van der Waals surface area contributed by atoms with Gasteiger partial charge in [-0.25, -0.2) is 9.67 Å². The lowest BCUT2D eigenvalue weighted by Gasteiger charge is -2.31. The number of piperidine rings is 1. The molecule has 0 spiro atoms. The van der Waals surface area contributed by atoms with Crippen LogP contribution in [0.25, 0.3) is 15.9 Å². The molecule has 0 N–H and O–H groups in total. The molecule has 0 radical (unpaired) electrons. The number of amides is 1. The summed E-state index contributed by atoms with van der Waals surface area (Å²) < 4.78 is 8.48. The van der Waals surface area contributed by atoms with Gasteiger partial charge < -0.3 is 9.64 Å². The molecule has 1 amide bonds. The molecule has 152 valence electrons. The van der Waals surface area contributed by atoms with E-state index in [1.54, 1.807) is 16.0 Å². The van der Waals surface area contributed by atoms with E-state index in [-0.39, 0.29) is 18.4 Å². The number of thiazole rings is 1. The van der Waals surface area contributed by atoms with Gasteiger partial charge in [0.1, 0.15) is 12.1 Å². The first kappa shape index (κ1) is 18.7. The average Bonchev–Trinajstić information content (AvgIpc) is 3.48. The van der Waals surface area contributed by atoms with Crippen molar-refractivity contribution < 1.29 is 9.53 Å². The lowest BCUT2D eigenvalue weighted by atomic mass is 9.99. The van der Waals surface area contributed by atoms with Crippen molar-refractivity contribution in [1.29, 1.82) is 0 Å². The normalized spacial score (nSPS) is 16.7. The van der Waals surface area contributed by atoms with Gasteiger partial charge in [-0.15, -0.1) is 16.4 Å². The van der Waals surface area contributed by atoms with Gasteiger partial charge in [-0.05, 0) is 59.7 Å². The number of benzene rings is 2. The molecule has 0 bridgehead atoms. The van der Waals surface area contributed by atoms with Crippen LogP contribution in [0.1, 0.15) is 23.8 Å². The Balaban J connectivity index is 1.19. The van der Waals surface area contributed by atoms with Crippen LogP contribution in [0.2, 0.25) is 0 Å². The maximum absolute atomic E-state index is 12.7. The zero-order valence-electron chi connectivity index (χ0n) is 16.2. The summed E-state index contributed by atoms with van der Waals surface area (Å²) in [6.07, 6.45) is 3.56. The molecule has 4 aromatic rings. The first-order chi connectivity index (χ1) is 14.8. The second-order valence-electron chi connectivity index (χ2n) is 7.24. The van der Waals surface area contributed by atoms with E-state index >= 15 is 0 Å². The molecule has 1 aliphatic rings. The van der Waals surface area contributed by atoms with Crippen molar-refractivity contribution >= 4 is 27.5 Å². The summed E-state index contributed by atoms with van der Waals surface area (Å²) in [6.45, 7) is 1.48. The fraction of sp³-hybridized carbons (Fsp3) is 0.286. The van der Waals surface area contributed by atoms with E-state index in [2.05, 4.69) is 21.6 Å². The standard InChI is InChI=1S/C21H20N6O2S/c28-20(13-29-17-9-7-16(8-10-17)27-14-22-24-25-27)26-11-3-4-15(12-26)21-23-18-5-1-2-6-19(18)30-21/h1-2,5-10,14-15H,3-4,11-13H2. The number of hydrogen-bond donors (Lipinski definition) is 0. The third-order valence-corrected chi connectivity index (χ3v) is 6.45. The Morgan fingerprint density at radius 3 is 2.83 bits per heavy atom. The molecule has 2 aromatic heterocycles. The summed E-state index contributed by atoms with van der Waals surface area (Å²) >= 11 is 1.73. The summed E-state index contributed by atoms with van der Waals surface area (Å²) in [7, 11) is 0. The van der Waals surface area contributed by atoms with Crippen LogP contribution in [0.5, 0.6) is 5.75 Å². The quantitative estimate of drug-likeness (QED) is 0.493. The fourth-order valence-electron chi connectivity index (χ4n) is 3.68. The number of nitrogens with zero attached hydrogens (tertiary/aromatic N) is 6. The van der Waals surface area contributed by atoms with Gasteiger partial charge in [-0.2, -0.15) is 0 Å². The van der Waals surface area contributed by atoms with Gasteiger partial charge in [0.15, 0.2) is 6.61 Å². The van der Waals surface area contributed by atoms with Crippen molar-refractivity contribution in [2.24, 2.45) is 0 Å². The number of likely N-dealkylation sites (tertiary alicyclic amines) is 1. The predicted molar refractivity (Wildman–Crippen MR) is 113 cm³/mol. The van der Waals surface area contributed by atoms with Gasteiger partial charge in [-0.1, -0.05) is 12.1 Å². The highest BCUT2D eigenvalue weighted by Crippen LogP contribution is 2.33. The predicted octanol–water partition coefficient (Wildman–Crippen LogP) is 3.06. The SMILES string of the molecule is O=C(COc1ccc(-n2cnnn2)cc1)N1CCCC(c2nc3ccccc3s2)C1. The molecule has 1 unspecified atom stereocenters. The van der Waals surface area contributed by atoms with Crippen LogP contribution in [-0.2, 0) is 4.79 Å². The Morgan fingerprint density at radius 2 is 2.03 bits per heavy atom. The molecule has 1 saturated heterocycles. The third-order valence-electron chi connectivity index (χ3n) is 5.25. The van der Waals surface area contributed by atoms with Crippen molar-refractivity contribution in [2.45, 2.75) is 18.8 Å². The van der Waals surface area contributed by atoms with E-state index in [4.69, 9.17) is 9.72 Å². The number of rotatable bonds is 5. The second kappa shape index (κ2) is 8.19. The van der Waals surface area contributed by atoms with Crippen LogP contribution in [0.15, 0.2) is 54.9 Å². The number of para-hydroxylation sites is 1. The zero-order chi connectivity index (χ0) is 20.3. The van der Waals surface area contributed by atoms with E-state index in [1.165, 1.54) is 11.0 Å². The first-order valence-corrected chi connectivity index (χ1v) is 10.7. The maximum atomic E-state index is 12.7. The molecule has 0 saturated carbocycles. The Labute approximate surface area is 177 Å². The molecule has 5 rings (SSSR count). The van der Waals surface area contributed by atoms with Crippen molar-refractivity contribution in [3.8, 4) is 11.4 Å². The number of fused-ring (bicyclic) bond motifs is 1. The van der Waals surface area contributed by atoms with Gasteiger partial charge >= 0.3 is 0 Å². The number of tetrazole rings is 1. The van der Waals surface area contributed by atoms with Gasteiger partial charge in [-0.3, -0.25) is 4.79 Å². The highest BCUT2D eigenvalue weighted by molar-refractivity contribution is 7.18. The summed E-state index contributed by atoms with van der Waals surface area (Å²) in [5.74, 6) is 0.931. The van der Waals surface area contributed by atoms with Crippen molar-refractivity contribution in [3.05, 3.63) is 59.9 Å². The molecular formula is C21H20N6O2S. The second-order valence-corrected chi connectivity index (χ2v) is 8.30. The largest absolute Gasteiger partial charge is 0.484 e. The molecule has 2 aromatic carbocycles. The molecule has 1 aliphatic heterocycles. The molecule has 9 heteroatoms. The third kappa shape index (κ3) is 3.88. The van der Waals surface area contributed by atoms with Crippen LogP contribution >= 0.6 is 11.3 Å². The number of carbonyl (C=O) groups excluding carboxylic acids is 1. The summed E-state index contributed by atoms with van der Waals surface area (Å²) in [6, 6.07) is 15.5. The minimum absolute atomic E-state index is 0.00497. The fourth-order valence-corrected chi connectivity index (χ4v) is 4.77. The Bertz CT molecular complexity index is 1110. The Morgan fingerprint density at radius 1 is 1.17 bits per heavy atom. The monoisotopic (exact) mass is 420 g/mol. The van der Waals surface area contributed by atoms with Gasteiger partial charge in [0, 0.05) is 19.0 Å². The minimum Gasteiger partial charge on any atom is -0.484 e. The molecule has 0 aliphatic carbocycles. The summed E-state index contributed by atoms with van der Waals surface area (Å²) in [4.78, 5) is 19.4. The van der Waals surface area contributed by atoms with Gasteiger partial charge in [0.2, 0.25) is 0 Å². The van der Waals surface area contributed by atoms with E-state index in [0.717, 1.165) is 35.6 Å². The van der Waals surface area contributed by atoms with Gasteiger partial charge in [0.05, 0.1) is 20.9 Å². The zero-order valence-corrected chi connectivity index (χ0v) is 17.0. The number of hydrogen-bond acceptors (Lipinski definition) is 7. The minimum atomic E-state index is 0.00497. The maximum Gasteiger partial charge on any atom is 0.260 e. The van der Waals surface area contributed by atoms with E-state index in [1.807, 2.05) is 47.4 Å². The molecule has 1 fully saturated rings. The van der Waals surface area contributed by atoms with Crippen molar-refractivity contribution in [3.63, 3.8) is 0 Å². The Kier molecular flexibility index (Phi) is 5.10. The smallest absolute Gasteiger partial charge is 0.260 e. The van der Waals surface area contributed by atoms with E-state index in [0.29, 0.717) is 12.3 Å². The van der Waals surface area contributed by atoms with Crippen LogP contribution in [0.3, 0.4) is 0 Å². The van der Waals surface area contributed by atoms with Crippen LogP contribution < -0.4 is 4.74 Å². The summed E-state index contributed by atoms with van der Waals surface area (Å²) in [5.41, 5.74) is 1.86. The van der Waals surface area contributed by atoms with Crippen LogP contribution in [0.4, 0.5) is 0 Å². The lowest BCUT2D eigenvalue weighted by molar-refractivity contribution is -0.134. The first-order valence-electron chi connectivity index (χ1n) is 9.86. The molecule has 1 atom stereocenters. The molecule has 3 heterocycles. The average molecular weight is 420 g/mol. The summed E-state index contributed by atoms with van der Waals surface area (Å²) in [5, 5.41) is 12.2. The highest BCUT2D eigenvalue weighted by Gasteiger charge is 2.27. The molecular weight excluding hydrogens is 400 g/mol. The van der Waals surface area contributed by atoms with Crippen LogP contribution in [0, 0.1) is 0 Å². The number of carbonyl (C=O) groups is 1. The van der Waals surface area contributed by atoms with E-state index < -0.39 is 0 Å². The number of aromatic nitrogens is 5. The Hall–Kier alpha value is -3.33. The topological polar surface area (TPSA) is 86.0 Å². The molecule has 30 heavy (non-hydrogen) atoms. The van der Waals surface area contributed by atoms with Crippen molar-refractivity contribution in [1.82, 2.24) is 30.1 Å². The molecule has 8 nitrogen and oxygen atoms in total. The van der Waals surface area contributed by atoms with Crippen LogP contribution in [-0.4, -0.2) is 55.7 Å². The van der Waals surface area contributed by atoms with Gasteiger partial charge in [0.25, 0.3) is 5.91 Å². The highest BCUT2D eigenvalue weighted by atomic mass is 32.1. The van der Waals surface area contributed by atoms with E-state index in [9.17, 15) is 4.79 Å². The van der Waals surface area contributed by atoms with Crippen molar-refractivity contribution in [2.75, 3.05) is 19.7 Å².